The number of imidazole rings is 1. The highest BCUT2D eigenvalue weighted by Crippen LogP contribution is 2.33. The van der Waals surface area contributed by atoms with Crippen molar-refractivity contribution in [3.63, 3.8) is 0 Å². The highest BCUT2D eigenvalue weighted by molar-refractivity contribution is 5.96. The van der Waals surface area contributed by atoms with Crippen molar-refractivity contribution < 1.29 is 4.79 Å². The fourth-order valence-electron chi connectivity index (χ4n) is 4.83. The molecule has 0 radical (unpaired) electrons. The van der Waals surface area contributed by atoms with Crippen molar-refractivity contribution in [1.82, 2.24) is 9.55 Å². The molecule has 1 aliphatic rings. The fourth-order valence-corrected chi connectivity index (χ4v) is 4.83. The Morgan fingerprint density at radius 1 is 0.812 bits per heavy atom. The molecule has 1 fully saturated rings. The smallest absolute Gasteiger partial charge is 0.227 e. The van der Waals surface area contributed by atoms with Crippen LogP contribution in [-0.2, 0) is 11.3 Å². The van der Waals surface area contributed by atoms with Gasteiger partial charge >= 0.3 is 0 Å². The summed E-state index contributed by atoms with van der Waals surface area (Å²) in [4.78, 5) is 19.8. The van der Waals surface area contributed by atoms with Gasteiger partial charge in [-0.15, -0.1) is 0 Å². The van der Waals surface area contributed by atoms with Crippen LogP contribution in [0.4, 0.5) is 5.69 Å². The van der Waals surface area contributed by atoms with E-state index in [4.69, 9.17) is 4.98 Å². The molecular weight excluding hydrogens is 394 g/mol. The largest absolute Gasteiger partial charge is 0.323 e. The predicted molar refractivity (Wildman–Crippen MR) is 129 cm³/mol. The van der Waals surface area contributed by atoms with Crippen molar-refractivity contribution in [2.24, 2.45) is 0 Å². The number of benzene rings is 4. The first kappa shape index (κ1) is 18.8. The van der Waals surface area contributed by atoms with Crippen LogP contribution >= 0.6 is 0 Å². The van der Waals surface area contributed by atoms with Crippen LogP contribution in [0.5, 0.6) is 0 Å². The molecule has 1 aromatic heterocycles. The molecule has 4 nitrogen and oxygen atoms in total. The summed E-state index contributed by atoms with van der Waals surface area (Å²) in [5.74, 6) is 1.22. The molecule has 0 N–H and O–H groups in total. The Kier molecular flexibility index (Phi) is 4.50. The lowest BCUT2D eigenvalue weighted by Crippen LogP contribution is -2.24. The molecule has 1 atom stereocenters. The molecule has 1 amide bonds. The number of hydrogen-bond acceptors (Lipinski definition) is 2. The standard InChI is InChI=1S/C28H23N3O/c32-27-17-23(19-30(27)24-10-2-1-3-11-24)28-29-25-12-6-7-13-26(25)31(28)18-20-14-15-21-8-4-5-9-22(21)16-20/h1-16,23H,17-19H2/t23-/m0/s1. The molecule has 0 unspecified atom stereocenters. The van der Waals surface area contributed by atoms with Gasteiger partial charge in [0.15, 0.2) is 0 Å². The van der Waals surface area contributed by atoms with Crippen molar-refractivity contribution in [1.29, 1.82) is 0 Å². The van der Waals surface area contributed by atoms with Gasteiger partial charge in [-0.05, 0) is 46.7 Å². The second kappa shape index (κ2) is 7.65. The molecule has 0 spiro atoms. The van der Waals surface area contributed by atoms with Gasteiger partial charge in [-0.1, -0.05) is 66.7 Å². The van der Waals surface area contributed by atoms with Gasteiger partial charge in [-0.2, -0.15) is 0 Å². The van der Waals surface area contributed by atoms with E-state index in [9.17, 15) is 4.79 Å². The predicted octanol–water partition coefficient (Wildman–Crippen LogP) is 5.76. The molecule has 0 aliphatic carbocycles. The maximum absolute atomic E-state index is 12.9. The van der Waals surface area contributed by atoms with Crippen LogP contribution in [0.1, 0.15) is 23.7 Å². The lowest BCUT2D eigenvalue weighted by Gasteiger charge is -2.17. The van der Waals surface area contributed by atoms with Crippen LogP contribution in [0.2, 0.25) is 0 Å². The molecule has 1 saturated heterocycles. The number of fused-ring (bicyclic) bond motifs is 2. The van der Waals surface area contributed by atoms with Gasteiger partial charge in [0.05, 0.1) is 11.0 Å². The summed E-state index contributed by atoms with van der Waals surface area (Å²) in [6.45, 7) is 1.39. The molecule has 2 heterocycles. The Hall–Kier alpha value is -3.92. The van der Waals surface area contributed by atoms with Crippen LogP contribution < -0.4 is 4.90 Å². The minimum absolute atomic E-state index is 0.0653. The quantitative estimate of drug-likeness (QED) is 0.373. The van der Waals surface area contributed by atoms with Gasteiger partial charge in [-0.25, -0.2) is 4.98 Å². The topological polar surface area (TPSA) is 38.1 Å². The first-order valence-corrected chi connectivity index (χ1v) is 11.0. The monoisotopic (exact) mass is 417 g/mol. The summed E-state index contributed by atoms with van der Waals surface area (Å²) in [5, 5.41) is 2.48. The maximum atomic E-state index is 12.9. The summed E-state index contributed by atoms with van der Waals surface area (Å²) >= 11 is 0. The van der Waals surface area contributed by atoms with Crippen LogP contribution in [-0.4, -0.2) is 22.0 Å². The highest BCUT2D eigenvalue weighted by atomic mass is 16.2. The van der Waals surface area contributed by atoms with Crippen molar-refractivity contribution in [3.05, 3.63) is 108 Å². The number of aromatic nitrogens is 2. The van der Waals surface area contributed by atoms with E-state index in [2.05, 4.69) is 65.2 Å². The summed E-state index contributed by atoms with van der Waals surface area (Å²) < 4.78 is 2.30. The second-order valence-electron chi connectivity index (χ2n) is 8.47. The van der Waals surface area contributed by atoms with Crippen LogP contribution in [0.3, 0.4) is 0 Å². The van der Waals surface area contributed by atoms with Gasteiger partial charge in [0.1, 0.15) is 5.82 Å². The van der Waals surface area contributed by atoms with Crippen molar-refractivity contribution in [2.75, 3.05) is 11.4 Å². The number of para-hydroxylation sites is 3. The van der Waals surface area contributed by atoms with E-state index in [-0.39, 0.29) is 11.8 Å². The average Bonchev–Trinajstić information content (AvgIpc) is 3.40. The number of carbonyl (C=O) groups is 1. The Morgan fingerprint density at radius 2 is 1.56 bits per heavy atom. The molecular formula is C28H23N3O. The third kappa shape index (κ3) is 3.25. The minimum Gasteiger partial charge on any atom is -0.323 e. The Bertz CT molecular complexity index is 1440. The molecule has 0 saturated carbocycles. The number of hydrogen-bond donors (Lipinski definition) is 0. The summed E-state index contributed by atoms with van der Waals surface area (Å²) in [5.41, 5.74) is 4.28. The molecule has 0 bridgehead atoms. The van der Waals surface area contributed by atoms with Gasteiger partial charge < -0.3 is 9.47 Å². The zero-order valence-corrected chi connectivity index (χ0v) is 17.7. The fraction of sp³-hybridized carbons (Fsp3) is 0.143. The van der Waals surface area contributed by atoms with Gasteiger partial charge in [-0.3, -0.25) is 4.79 Å². The van der Waals surface area contributed by atoms with Crippen molar-refractivity contribution in [2.45, 2.75) is 18.9 Å². The molecule has 6 rings (SSSR count). The van der Waals surface area contributed by atoms with E-state index >= 15 is 0 Å². The Balaban J connectivity index is 1.40. The summed E-state index contributed by atoms with van der Waals surface area (Å²) in [6, 6.07) is 33.2. The van der Waals surface area contributed by atoms with Crippen LogP contribution in [0, 0.1) is 0 Å². The first-order valence-electron chi connectivity index (χ1n) is 11.0. The van der Waals surface area contributed by atoms with Crippen LogP contribution in [0.25, 0.3) is 21.8 Å². The van der Waals surface area contributed by atoms with E-state index in [0.29, 0.717) is 13.0 Å². The number of anilines is 1. The average molecular weight is 418 g/mol. The number of nitrogens with zero attached hydrogens (tertiary/aromatic N) is 3. The molecule has 156 valence electrons. The summed E-state index contributed by atoms with van der Waals surface area (Å²) in [7, 11) is 0. The summed E-state index contributed by atoms with van der Waals surface area (Å²) in [6.07, 6.45) is 0.482. The highest BCUT2D eigenvalue weighted by Gasteiger charge is 2.34. The van der Waals surface area contributed by atoms with E-state index in [1.165, 1.54) is 16.3 Å². The molecule has 1 aliphatic heterocycles. The van der Waals surface area contributed by atoms with Gasteiger partial charge in [0.25, 0.3) is 0 Å². The molecule has 4 heteroatoms. The van der Waals surface area contributed by atoms with Crippen molar-refractivity contribution in [3.8, 4) is 0 Å². The normalized spacial score (nSPS) is 16.3. The minimum atomic E-state index is 0.0653. The van der Waals surface area contributed by atoms with E-state index < -0.39 is 0 Å². The number of rotatable bonds is 4. The first-order chi connectivity index (χ1) is 15.8. The van der Waals surface area contributed by atoms with E-state index in [0.717, 1.165) is 29.1 Å². The Labute approximate surface area is 186 Å². The SMILES string of the molecule is O=C1C[C@H](c2nc3ccccc3n2Cc2ccc3ccccc3c2)CN1c1ccccc1. The third-order valence-corrected chi connectivity index (χ3v) is 6.40. The number of carbonyl (C=O) groups excluding carboxylic acids is 1. The third-order valence-electron chi connectivity index (χ3n) is 6.40. The second-order valence-corrected chi connectivity index (χ2v) is 8.47. The van der Waals surface area contributed by atoms with Gasteiger partial charge in [0.2, 0.25) is 5.91 Å². The maximum Gasteiger partial charge on any atom is 0.227 e. The van der Waals surface area contributed by atoms with E-state index in [1.54, 1.807) is 0 Å². The van der Waals surface area contributed by atoms with Gasteiger partial charge in [0, 0.05) is 31.1 Å². The number of amides is 1. The molecule has 5 aromatic rings. The Morgan fingerprint density at radius 3 is 2.44 bits per heavy atom. The molecule has 4 aromatic carbocycles. The zero-order valence-electron chi connectivity index (χ0n) is 17.7. The van der Waals surface area contributed by atoms with Crippen molar-refractivity contribution >= 4 is 33.4 Å². The van der Waals surface area contributed by atoms with E-state index in [1.807, 2.05) is 41.3 Å². The van der Waals surface area contributed by atoms with Crippen LogP contribution in [0.15, 0.2) is 97.1 Å². The lowest BCUT2D eigenvalue weighted by molar-refractivity contribution is -0.117. The zero-order chi connectivity index (χ0) is 21.5. The lowest BCUT2D eigenvalue weighted by atomic mass is 10.1. The molecule has 32 heavy (non-hydrogen) atoms.